The van der Waals surface area contributed by atoms with Crippen LogP contribution < -0.4 is 0 Å². The summed E-state index contributed by atoms with van der Waals surface area (Å²) in [7, 11) is 1.93. The molecule has 0 unspecified atom stereocenters. The largest absolute Gasteiger partial charge is 0.392 e. The molecule has 2 rings (SSSR count). The number of rotatable bonds is 2. The molecule has 1 fully saturated rings. The number of nitrogens with zero attached hydrogens (tertiary/aromatic N) is 2. The third-order valence-corrected chi connectivity index (χ3v) is 2.61. The Morgan fingerprint density at radius 1 is 1.58 bits per heavy atom. The number of aliphatic hydroxyl groups is 1. The summed E-state index contributed by atoms with van der Waals surface area (Å²) in [5.41, 5.74) is 3.26. The van der Waals surface area contributed by atoms with Crippen LogP contribution in [0.2, 0.25) is 0 Å². The van der Waals surface area contributed by atoms with Gasteiger partial charge in [-0.1, -0.05) is 0 Å². The van der Waals surface area contributed by atoms with Gasteiger partial charge in [-0.3, -0.25) is 4.68 Å². The van der Waals surface area contributed by atoms with Gasteiger partial charge in [0.05, 0.1) is 12.3 Å². The van der Waals surface area contributed by atoms with E-state index in [1.165, 1.54) is 12.8 Å². The zero-order chi connectivity index (χ0) is 8.72. The van der Waals surface area contributed by atoms with Crippen molar-refractivity contribution >= 4 is 0 Å². The predicted octanol–water partition coefficient (Wildman–Crippen LogP) is 1.10. The van der Waals surface area contributed by atoms with Crippen LogP contribution in [-0.2, 0) is 13.7 Å². The first-order valence-electron chi connectivity index (χ1n) is 4.37. The molecular formula is C9H14N2O. The molecule has 0 amide bonds. The van der Waals surface area contributed by atoms with Crippen LogP contribution in [0, 0.1) is 6.92 Å². The van der Waals surface area contributed by atoms with E-state index in [0.717, 1.165) is 17.0 Å². The maximum absolute atomic E-state index is 9.14. The van der Waals surface area contributed by atoms with Gasteiger partial charge in [-0.2, -0.15) is 5.10 Å². The molecule has 1 aromatic rings. The van der Waals surface area contributed by atoms with Gasteiger partial charge in [-0.05, 0) is 19.8 Å². The van der Waals surface area contributed by atoms with Crippen LogP contribution in [0.5, 0.6) is 0 Å². The first-order chi connectivity index (χ1) is 5.74. The Bertz CT molecular complexity index is 300. The molecule has 0 bridgehead atoms. The minimum Gasteiger partial charge on any atom is -0.392 e. The highest BCUT2D eigenvalue weighted by Gasteiger charge is 2.29. The average Bonchev–Trinajstić information content (AvgIpc) is 2.82. The van der Waals surface area contributed by atoms with Crippen molar-refractivity contribution in [2.45, 2.75) is 32.3 Å². The monoisotopic (exact) mass is 166 g/mol. The van der Waals surface area contributed by atoms with E-state index in [1.807, 2.05) is 18.7 Å². The minimum absolute atomic E-state index is 0.130. The van der Waals surface area contributed by atoms with E-state index in [0.29, 0.717) is 5.92 Å². The smallest absolute Gasteiger partial charge is 0.0718 e. The van der Waals surface area contributed by atoms with Crippen LogP contribution in [0.15, 0.2) is 0 Å². The van der Waals surface area contributed by atoms with Gasteiger partial charge < -0.3 is 5.11 Å². The van der Waals surface area contributed by atoms with E-state index in [9.17, 15) is 0 Å². The van der Waals surface area contributed by atoms with E-state index in [-0.39, 0.29) is 6.61 Å². The van der Waals surface area contributed by atoms with E-state index in [2.05, 4.69) is 5.10 Å². The van der Waals surface area contributed by atoms with Crippen LogP contribution in [0.25, 0.3) is 0 Å². The SMILES string of the molecule is Cc1c(CO)c(C2CC2)nn1C. The van der Waals surface area contributed by atoms with Crippen molar-refractivity contribution in [1.29, 1.82) is 0 Å². The molecule has 0 saturated heterocycles. The lowest BCUT2D eigenvalue weighted by atomic mass is 10.1. The molecule has 66 valence electrons. The van der Waals surface area contributed by atoms with Crippen molar-refractivity contribution in [2.24, 2.45) is 7.05 Å². The van der Waals surface area contributed by atoms with E-state index < -0.39 is 0 Å². The predicted molar refractivity (Wildman–Crippen MR) is 45.8 cm³/mol. The highest BCUT2D eigenvalue weighted by Crippen LogP contribution is 2.41. The number of aryl methyl sites for hydroxylation is 1. The fraction of sp³-hybridized carbons (Fsp3) is 0.667. The van der Waals surface area contributed by atoms with Crippen molar-refractivity contribution in [2.75, 3.05) is 0 Å². The topological polar surface area (TPSA) is 38.1 Å². The normalized spacial score (nSPS) is 16.9. The van der Waals surface area contributed by atoms with Gasteiger partial charge in [-0.15, -0.1) is 0 Å². The molecule has 3 heteroatoms. The average molecular weight is 166 g/mol. The number of hydrogen-bond donors (Lipinski definition) is 1. The van der Waals surface area contributed by atoms with Crippen LogP contribution in [-0.4, -0.2) is 14.9 Å². The Morgan fingerprint density at radius 3 is 2.75 bits per heavy atom. The van der Waals surface area contributed by atoms with Gasteiger partial charge in [0.1, 0.15) is 0 Å². The minimum atomic E-state index is 0.130. The van der Waals surface area contributed by atoms with Crippen molar-refractivity contribution < 1.29 is 5.11 Å². The van der Waals surface area contributed by atoms with Crippen molar-refractivity contribution in [3.05, 3.63) is 17.0 Å². The lowest BCUT2D eigenvalue weighted by Gasteiger charge is -1.96. The van der Waals surface area contributed by atoms with Crippen LogP contribution in [0.3, 0.4) is 0 Å². The second-order valence-corrected chi connectivity index (χ2v) is 3.51. The molecule has 0 atom stereocenters. The Balaban J connectivity index is 2.44. The van der Waals surface area contributed by atoms with E-state index in [4.69, 9.17) is 5.11 Å². The summed E-state index contributed by atoms with van der Waals surface area (Å²) in [6.07, 6.45) is 2.48. The van der Waals surface area contributed by atoms with Gasteiger partial charge in [-0.25, -0.2) is 0 Å². The zero-order valence-electron chi connectivity index (χ0n) is 7.54. The fourth-order valence-corrected chi connectivity index (χ4v) is 1.56. The number of hydrogen-bond acceptors (Lipinski definition) is 2. The third kappa shape index (κ3) is 1.05. The van der Waals surface area contributed by atoms with Gasteiger partial charge in [0, 0.05) is 24.2 Å². The van der Waals surface area contributed by atoms with Gasteiger partial charge >= 0.3 is 0 Å². The number of aliphatic hydroxyl groups excluding tert-OH is 1. The van der Waals surface area contributed by atoms with E-state index >= 15 is 0 Å². The Kier molecular flexibility index (Phi) is 1.68. The molecule has 0 aromatic carbocycles. The molecular weight excluding hydrogens is 152 g/mol. The molecule has 1 saturated carbocycles. The Hall–Kier alpha value is -0.830. The highest BCUT2D eigenvalue weighted by molar-refractivity contribution is 5.30. The molecule has 0 spiro atoms. The molecule has 1 N–H and O–H groups in total. The second kappa shape index (κ2) is 2.59. The standard InChI is InChI=1S/C9H14N2O/c1-6-8(5-12)9(7-3-4-7)10-11(6)2/h7,12H,3-5H2,1-2H3. The lowest BCUT2D eigenvalue weighted by Crippen LogP contribution is -1.93. The molecule has 1 aromatic heterocycles. The fourth-order valence-electron chi connectivity index (χ4n) is 1.56. The molecule has 0 radical (unpaired) electrons. The van der Waals surface area contributed by atoms with Crippen molar-refractivity contribution in [3.8, 4) is 0 Å². The maximum atomic E-state index is 9.14. The Morgan fingerprint density at radius 2 is 2.25 bits per heavy atom. The molecule has 1 heterocycles. The van der Waals surface area contributed by atoms with Gasteiger partial charge in [0.15, 0.2) is 0 Å². The van der Waals surface area contributed by atoms with Crippen molar-refractivity contribution in [3.63, 3.8) is 0 Å². The second-order valence-electron chi connectivity index (χ2n) is 3.51. The lowest BCUT2D eigenvalue weighted by molar-refractivity contribution is 0.279. The van der Waals surface area contributed by atoms with Gasteiger partial charge in [0.2, 0.25) is 0 Å². The summed E-state index contributed by atoms with van der Waals surface area (Å²) >= 11 is 0. The molecule has 1 aliphatic carbocycles. The first kappa shape index (κ1) is 7.80. The zero-order valence-corrected chi connectivity index (χ0v) is 7.54. The Labute approximate surface area is 72.0 Å². The molecule has 3 nitrogen and oxygen atoms in total. The highest BCUT2D eigenvalue weighted by atomic mass is 16.3. The first-order valence-corrected chi connectivity index (χ1v) is 4.37. The summed E-state index contributed by atoms with van der Waals surface area (Å²) in [5, 5.41) is 13.5. The molecule has 12 heavy (non-hydrogen) atoms. The summed E-state index contributed by atoms with van der Waals surface area (Å²) in [5.74, 6) is 0.632. The molecule has 1 aliphatic rings. The van der Waals surface area contributed by atoms with E-state index in [1.54, 1.807) is 0 Å². The summed E-state index contributed by atoms with van der Waals surface area (Å²) in [4.78, 5) is 0. The summed E-state index contributed by atoms with van der Waals surface area (Å²) in [6, 6.07) is 0. The van der Waals surface area contributed by atoms with Crippen LogP contribution >= 0.6 is 0 Å². The summed E-state index contributed by atoms with van der Waals surface area (Å²) < 4.78 is 1.86. The van der Waals surface area contributed by atoms with Crippen LogP contribution in [0.1, 0.15) is 35.7 Å². The molecule has 0 aliphatic heterocycles. The third-order valence-electron chi connectivity index (χ3n) is 2.61. The van der Waals surface area contributed by atoms with Crippen molar-refractivity contribution in [1.82, 2.24) is 9.78 Å². The van der Waals surface area contributed by atoms with Gasteiger partial charge in [0.25, 0.3) is 0 Å². The quantitative estimate of drug-likeness (QED) is 0.714. The maximum Gasteiger partial charge on any atom is 0.0718 e. The number of aromatic nitrogens is 2. The van der Waals surface area contributed by atoms with Crippen LogP contribution in [0.4, 0.5) is 0 Å². The summed E-state index contributed by atoms with van der Waals surface area (Å²) in [6.45, 7) is 2.13.